The molecule has 3 rings (SSSR count). The van der Waals surface area contributed by atoms with E-state index < -0.39 is 11.9 Å². The number of aromatic nitrogens is 3. The fourth-order valence-corrected chi connectivity index (χ4v) is 3.93. The van der Waals surface area contributed by atoms with Crippen LogP contribution in [0.25, 0.3) is 5.69 Å². The average molecular weight is 487 g/mol. The summed E-state index contributed by atoms with van der Waals surface area (Å²) in [6, 6.07) is 12.4. The van der Waals surface area contributed by atoms with Gasteiger partial charge in [0.05, 0.1) is 11.8 Å². The minimum atomic E-state index is -0.574. The number of urea groups is 1. The Morgan fingerprint density at radius 2 is 1.82 bits per heavy atom. The molecule has 0 aliphatic heterocycles. The van der Waals surface area contributed by atoms with Gasteiger partial charge in [0.15, 0.2) is 11.0 Å². The Labute approximate surface area is 202 Å². The highest BCUT2D eigenvalue weighted by atomic mass is 35.5. The van der Waals surface area contributed by atoms with E-state index in [1.165, 1.54) is 11.8 Å². The number of halogens is 1. The molecule has 0 spiro atoms. The third-order valence-corrected chi connectivity index (χ3v) is 6.51. The van der Waals surface area contributed by atoms with E-state index in [4.69, 9.17) is 11.6 Å². The lowest BCUT2D eigenvalue weighted by Crippen LogP contribution is -2.35. The summed E-state index contributed by atoms with van der Waals surface area (Å²) in [6.07, 6.45) is 0. The minimum Gasteiger partial charge on any atom is -0.307 e. The smallest absolute Gasteiger partial charge is 0.307 e. The molecule has 0 saturated carbocycles. The van der Waals surface area contributed by atoms with Gasteiger partial charge in [-0.15, -0.1) is 10.2 Å². The summed E-state index contributed by atoms with van der Waals surface area (Å²) < 4.78 is 1.90. The number of rotatable bonds is 7. The van der Waals surface area contributed by atoms with Crippen molar-refractivity contribution in [1.29, 1.82) is 0 Å². The van der Waals surface area contributed by atoms with E-state index >= 15 is 0 Å². The zero-order valence-electron chi connectivity index (χ0n) is 19.2. The van der Waals surface area contributed by atoms with Gasteiger partial charge in [-0.2, -0.15) is 0 Å². The predicted octanol–water partition coefficient (Wildman–Crippen LogP) is 4.60. The first kappa shape index (κ1) is 24.8. The number of imide groups is 1. The van der Waals surface area contributed by atoms with Gasteiger partial charge in [-0.05, 0) is 76.3 Å². The molecule has 3 amide bonds. The molecule has 1 aromatic heterocycles. The Morgan fingerprint density at radius 3 is 2.48 bits per heavy atom. The van der Waals surface area contributed by atoms with Crippen molar-refractivity contribution in [3.63, 3.8) is 0 Å². The number of benzene rings is 2. The SMILES string of the molecule is Cc1cccc(NC(=O)NC(=O)CSc2nnc(C(C)N(C)C)n2-c2ccc(Cl)cc2)c1C. The average Bonchev–Trinajstić information content (AvgIpc) is 3.19. The van der Waals surface area contributed by atoms with Crippen molar-refractivity contribution in [3.05, 3.63) is 64.4 Å². The summed E-state index contributed by atoms with van der Waals surface area (Å²) in [5.41, 5.74) is 3.51. The van der Waals surface area contributed by atoms with Gasteiger partial charge in [-0.3, -0.25) is 19.6 Å². The lowest BCUT2D eigenvalue weighted by Gasteiger charge is -2.20. The number of hydrogen-bond donors (Lipinski definition) is 2. The lowest BCUT2D eigenvalue weighted by molar-refractivity contribution is -0.117. The Hall–Kier alpha value is -2.88. The van der Waals surface area contributed by atoms with Gasteiger partial charge in [0, 0.05) is 16.4 Å². The Bertz CT molecular complexity index is 1150. The molecule has 0 aliphatic carbocycles. The first-order chi connectivity index (χ1) is 15.7. The largest absolute Gasteiger partial charge is 0.325 e. The van der Waals surface area contributed by atoms with Gasteiger partial charge >= 0.3 is 6.03 Å². The molecule has 0 saturated heterocycles. The van der Waals surface area contributed by atoms with Crippen LogP contribution in [0.4, 0.5) is 10.5 Å². The molecule has 8 nitrogen and oxygen atoms in total. The van der Waals surface area contributed by atoms with Gasteiger partial charge in [0.2, 0.25) is 5.91 Å². The summed E-state index contributed by atoms with van der Waals surface area (Å²) in [4.78, 5) is 26.7. The summed E-state index contributed by atoms with van der Waals surface area (Å²) in [6.45, 7) is 5.90. The first-order valence-electron chi connectivity index (χ1n) is 10.3. The molecule has 1 heterocycles. The van der Waals surface area contributed by atoms with Crippen LogP contribution in [0.3, 0.4) is 0 Å². The van der Waals surface area contributed by atoms with Crippen molar-refractivity contribution >= 4 is 41.0 Å². The summed E-state index contributed by atoms with van der Waals surface area (Å²) in [5.74, 6) is 0.302. The van der Waals surface area contributed by atoms with Crippen LogP contribution in [0.2, 0.25) is 5.02 Å². The number of anilines is 1. The minimum absolute atomic E-state index is 0.00227. The number of carbonyl (C=O) groups excluding carboxylic acids is 2. The molecule has 3 aromatic rings. The summed E-state index contributed by atoms with van der Waals surface area (Å²) >= 11 is 7.25. The van der Waals surface area contributed by atoms with Crippen LogP contribution in [0.15, 0.2) is 47.6 Å². The molecular formula is C23H27ClN6O2S. The van der Waals surface area contributed by atoms with Crippen molar-refractivity contribution in [2.24, 2.45) is 0 Å². The molecule has 10 heteroatoms. The third kappa shape index (κ3) is 6.13. The van der Waals surface area contributed by atoms with Crippen molar-refractivity contribution in [2.45, 2.75) is 32.0 Å². The number of aryl methyl sites for hydroxylation is 1. The molecule has 33 heavy (non-hydrogen) atoms. The highest BCUT2D eigenvalue weighted by Crippen LogP contribution is 2.27. The van der Waals surface area contributed by atoms with Gasteiger partial charge < -0.3 is 5.32 Å². The highest BCUT2D eigenvalue weighted by molar-refractivity contribution is 7.99. The van der Waals surface area contributed by atoms with E-state index in [1.54, 1.807) is 18.2 Å². The van der Waals surface area contributed by atoms with Crippen LogP contribution in [0.5, 0.6) is 0 Å². The number of thioether (sulfide) groups is 1. The second kappa shape index (κ2) is 10.8. The molecule has 0 radical (unpaired) electrons. The van der Waals surface area contributed by atoms with Gasteiger partial charge in [0.1, 0.15) is 0 Å². The number of hydrogen-bond acceptors (Lipinski definition) is 6. The molecule has 0 bridgehead atoms. The van der Waals surface area contributed by atoms with Crippen LogP contribution < -0.4 is 10.6 Å². The lowest BCUT2D eigenvalue weighted by atomic mass is 10.1. The van der Waals surface area contributed by atoms with E-state index in [0.717, 1.165) is 22.6 Å². The zero-order valence-corrected chi connectivity index (χ0v) is 20.8. The number of amides is 3. The van der Waals surface area contributed by atoms with Gasteiger partial charge in [0.25, 0.3) is 0 Å². The third-order valence-electron chi connectivity index (χ3n) is 5.33. The van der Waals surface area contributed by atoms with E-state index in [-0.39, 0.29) is 11.8 Å². The van der Waals surface area contributed by atoms with Crippen LogP contribution in [0, 0.1) is 13.8 Å². The second-order valence-electron chi connectivity index (χ2n) is 7.83. The van der Waals surface area contributed by atoms with E-state index in [0.29, 0.717) is 15.9 Å². The fourth-order valence-electron chi connectivity index (χ4n) is 3.04. The standard InChI is InChI=1S/C23H27ClN6O2S/c1-14-7-6-8-19(15(14)2)25-22(32)26-20(31)13-33-23-28-27-21(16(3)29(4)5)30(23)18-11-9-17(24)10-12-18/h6-12,16H,13H2,1-5H3,(H2,25,26,31,32). The van der Waals surface area contributed by atoms with Crippen molar-refractivity contribution in [3.8, 4) is 5.69 Å². The molecule has 2 N–H and O–H groups in total. The summed E-state index contributed by atoms with van der Waals surface area (Å²) in [7, 11) is 3.92. The second-order valence-corrected chi connectivity index (χ2v) is 9.21. The quantitative estimate of drug-likeness (QED) is 0.474. The van der Waals surface area contributed by atoms with Gasteiger partial charge in [-0.1, -0.05) is 35.5 Å². The van der Waals surface area contributed by atoms with Crippen LogP contribution in [0.1, 0.15) is 29.9 Å². The van der Waals surface area contributed by atoms with E-state index in [1.807, 2.05) is 68.6 Å². The molecule has 2 aromatic carbocycles. The molecule has 1 atom stereocenters. The predicted molar refractivity (Wildman–Crippen MR) is 132 cm³/mol. The molecular weight excluding hydrogens is 460 g/mol. The monoisotopic (exact) mass is 486 g/mol. The number of carbonyl (C=O) groups is 2. The topological polar surface area (TPSA) is 92.2 Å². The fraction of sp³-hybridized carbons (Fsp3) is 0.304. The normalized spacial score (nSPS) is 12.0. The van der Waals surface area contributed by atoms with Crippen LogP contribution in [-0.2, 0) is 4.79 Å². The van der Waals surface area contributed by atoms with Crippen molar-refractivity contribution < 1.29 is 9.59 Å². The Kier molecular flexibility index (Phi) is 8.12. The van der Waals surface area contributed by atoms with Crippen molar-refractivity contribution in [1.82, 2.24) is 25.0 Å². The molecule has 1 unspecified atom stereocenters. The number of nitrogens with zero attached hydrogens (tertiary/aromatic N) is 4. The van der Waals surface area contributed by atoms with Crippen LogP contribution >= 0.6 is 23.4 Å². The summed E-state index contributed by atoms with van der Waals surface area (Å²) in [5, 5.41) is 14.9. The van der Waals surface area contributed by atoms with E-state index in [2.05, 4.69) is 20.8 Å². The van der Waals surface area contributed by atoms with Gasteiger partial charge in [-0.25, -0.2) is 4.79 Å². The highest BCUT2D eigenvalue weighted by Gasteiger charge is 2.22. The Balaban J connectivity index is 1.71. The maximum atomic E-state index is 12.4. The Morgan fingerprint density at radius 1 is 1.12 bits per heavy atom. The first-order valence-corrected chi connectivity index (χ1v) is 11.7. The maximum absolute atomic E-state index is 12.4. The van der Waals surface area contributed by atoms with Crippen LogP contribution in [-0.4, -0.2) is 51.5 Å². The molecule has 0 fully saturated rings. The molecule has 174 valence electrons. The molecule has 0 aliphatic rings. The zero-order chi connectivity index (χ0) is 24.1. The van der Waals surface area contributed by atoms with Crippen molar-refractivity contribution in [2.75, 3.05) is 25.2 Å². The van der Waals surface area contributed by atoms with E-state index in [9.17, 15) is 9.59 Å². The maximum Gasteiger partial charge on any atom is 0.325 e. The number of nitrogens with one attached hydrogen (secondary N) is 2.